The minimum Gasteiger partial charge on any atom is -0.0654 e. The average Bonchev–Trinajstić information content (AvgIpc) is 1.28. The normalized spacial score (nSPS) is 12.6. The second-order valence-corrected chi connectivity index (χ2v) is 39.0. The van der Waals surface area contributed by atoms with Gasteiger partial charge in [-0.2, -0.15) is 0 Å². The second-order valence-electron chi connectivity index (χ2n) is 27.4. The van der Waals surface area contributed by atoms with Crippen molar-refractivity contribution < 1.29 is 8.78 Å². The SMILES string of the molecule is CCCCCCCCCCCCC(CCCCCCCCCC)CCCCn1c(=O)c(-c2ccc(C)[te]2)cc2c1cc(-c1ccc(-c3cc(F)c(-c4[se]c(C)cc4F)[se]3)[te]1)c(=O)n2CCCCC(CCCCCCCCCC)CCCCCCCCCCCC. The van der Waals surface area contributed by atoms with Crippen molar-refractivity contribution in [2.45, 2.75) is 350 Å². The Balaban J connectivity index is 1.26. The van der Waals surface area contributed by atoms with Gasteiger partial charge in [0.1, 0.15) is 0 Å². The Morgan fingerprint density at radius 1 is 0.367 bits per heavy atom. The van der Waals surface area contributed by atoms with Crippen molar-refractivity contribution in [1.29, 1.82) is 0 Å². The topological polar surface area (TPSA) is 44.0 Å². The molecule has 4 nitrogen and oxygen atoms in total. The fourth-order valence-corrected chi connectivity index (χ4v) is 24.9. The van der Waals surface area contributed by atoms with E-state index >= 15 is 18.4 Å². The van der Waals surface area contributed by atoms with E-state index in [0.717, 1.165) is 70.1 Å². The van der Waals surface area contributed by atoms with E-state index in [1.165, 1.54) is 277 Å². The molecule has 0 spiro atoms. The Morgan fingerprint density at radius 2 is 0.678 bits per heavy atom. The second kappa shape index (κ2) is 46.7. The van der Waals surface area contributed by atoms with E-state index in [1.54, 1.807) is 12.1 Å². The number of halogens is 2. The summed E-state index contributed by atoms with van der Waals surface area (Å²) in [5.74, 6) is 0.904. The monoisotopic (exact) mass is 1600 g/mol. The molecule has 6 rings (SSSR count). The van der Waals surface area contributed by atoms with Gasteiger partial charge in [0, 0.05) is 0 Å². The third-order valence-corrected chi connectivity index (χ3v) is 32.0. The smallest absolute Gasteiger partial charge is 0.0654 e. The number of hydrogen-bond acceptors (Lipinski definition) is 2. The van der Waals surface area contributed by atoms with Gasteiger partial charge in [-0.1, -0.05) is 207 Å². The molecule has 90 heavy (non-hydrogen) atoms. The van der Waals surface area contributed by atoms with Crippen LogP contribution in [-0.4, -0.2) is 79.0 Å². The first-order valence-corrected chi connectivity index (χ1v) is 45.7. The van der Waals surface area contributed by atoms with Crippen molar-refractivity contribution in [3.8, 4) is 35.2 Å². The zero-order chi connectivity index (χ0) is 64.0. The van der Waals surface area contributed by atoms with Crippen LogP contribution in [0.3, 0.4) is 0 Å². The fraction of sp³-hybridized carbons (Fsp3) is 0.700. The molecule has 10 heteroatoms. The molecule has 6 heterocycles. The number of hydrogen-bond donors (Lipinski definition) is 0. The number of rotatable bonds is 54. The minimum atomic E-state index is -1.08. The predicted octanol–water partition coefficient (Wildman–Crippen LogP) is 24.2. The van der Waals surface area contributed by atoms with Crippen molar-refractivity contribution in [2.75, 3.05) is 0 Å². The van der Waals surface area contributed by atoms with E-state index in [2.05, 4.69) is 80.2 Å². The Labute approximate surface area is 579 Å². The molecule has 0 N–H and O–H groups in total. The van der Waals surface area contributed by atoms with Crippen molar-refractivity contribution in [2.24, 2.45) is 11.8 Å². The Morgan fingerprint density at radius 3 is 1.02 bits per heavy atom. The summed E-state index contributed by atoms with van der Waals surface area (Å²) in [5.41, 5.74) is 3.46. The van der Waals surface area contributed by atoms with E-state index in [1.807, 2.05) is 6.92 Å². The van der Waals surface area contributed by atoms with Gasteiger partial charge in [0.05, 0.1) is 0 Å². The maximum absolute atomic E-state index is 15.8. The number of nitrogens with zero attached hydrogens (tertiary/aromatic N) is 2. The Kier molecular flexibility index (Phi) is 40.2. The van der Waals surface area contributed by atoms with E-state index in [9.17, 15) is 0 Å². The van der Waals surface area contributed by atoms with Crippen LogP contribution in [0.2, 0.25) is 0 Å². The number of pyridine rings is 2. The van der Waals surface area contributed by atoms with Gasteiger partial charge in [0.25, 0.3) is 0 Å². The van der Waals surface area contributed by atoms with Gasteiger partial charge in [-0.15, -0.1) is 0 Å². The first-order chi connectivity index (χ1) is 44.1. The maximum atomic E-state index is 15.8. The predicted molar refractivity (Wildman–Crippen MR) is 393 cm³/mol. The van der Waals surface area contributed by atoms with Gasteiger partial charge in [-0.05, 0) is 0 Å². The molecule has 2 unspecified atom stereocenters. The molecule has 0 aromatic carbocycles. The summed E-state index contributed by atoms with van der Waals surface area (Å²) < 4.78 is 43.0. The van der Waals surface area contributed by atoms with Crippen LogP contribution in [0.4, 0.5) is 8.78 Å². The van der Waals surface area contributed by atoms with E-state index in [4.69, 9.17) is 0 Å². The summed E-state index contributed by atoms with van der Waals surface area (Å²) in [6.07, 6.45) is 61.0. The van der Waals surface area contributed by atoms with Crippen LogP contribution in [0.25, 0.3) is 46.2 Å². The summed E-state index contributed by atoms with van der Waals surface area (Å²) in [7, 11) is 0. The zero-order valence-corrected chi connectivity index (χ0v) is 65.9. The van der Waals surface area contributed by atoms with Crippen LogP contribution >= 0.6 is 0 Å². The molecule has 0 aliphatic rings. The molecule has 6 aromatic rings. The molecule has 6 aromatic heterocycles. The summed E-state index contributed by atoms with van der Waals surface area (Å²) >= 11 is -2.28. The molecule has 0 amide bonds. The van der Waals surface area contributed by atoms with Gasteiger partial charge < -0.3 is 0 Å². The fourth-order valence-electron chi connectivity index (χ4n) is 14.0. The van der Waals surface area contributed by atoms with E-state index in [-0.39, 0.29) is 51.8 Å². The Bertz CT molecular complexity index is 2980. The van der Waals surface area contributed by atoms with Crippen LogP contribution < -0.4 is 11.1 Å². The summed E-state index contributed by atoms with van der Waals surface area (Å²) in [6.45, 7) is 14.7. The summed E-state index contributed by atoms with van der Waals surface area (Å²) in [6, 6.07) is 16.2. The molecule has 0 radical (unpaired) electrons. The van der Waals surface area contributed by atoms with Crippen LogP contribution in [0, 0.1) is 37.3 Å². The Hall–Kier alpha value is -1.44. The van der Waals surface area contributed by atoms with Gasteiger partial charge >= 0.3 is 377 Å². The molecule has 0 fully saturated rings. The molecular formula is C80H124F2N2O2Se2Te2. The first-order valence-electron chi connectivity index (χ1n) is 37.6. The third kappa shape index (κ3) is 28.0. The molecule has 0 bridgehead atoms. The number of unbranched alkanes of at least 4 members (excludes halogenated alkanes) is 34. The van der Waals surface area contributed by atoms with Crippen LogP contribution in [0.15, 0.2) is 58.1 Å². The molecule has 504 valence electrons. The standard InChI is InChI=1S/C80H124F2N2O2Se2Te2/c1-7-11-15-19-23-27-29-33-37-41-49-65(47-39-35-31-25-21-17-13-9-3)51-43-45-57-83-72-61-68(75-55-56-76(90-75)73-62-70(82)78(88-73)77-69(81)59-63(5)87-77)80(86)84(71(72)60-67(79(83)85)74-54-53-64(6)89-74)58-46-44-52-66(48-40-36-32-26-22-18-14-10-4)50-42-38-34-30-28-24-20-16-12-8-2/h53-56,59-62,65-66H,7-52,57-58H2,1-6H3. The van der Waals surface area contributed by atoms with Crippen LogP contribution in [-0.2, 0) is 13.1 Å². The van der Waals surface area contributed by atoms with Gasteiger partial charge in [-0.3, -0.25) is 0 Å². The first kappa shape index (κ1) is 77.6. The van der Waals surface area contributed by atoms with Crippen molar-refractivity contribution in [3.63, 3.8) is 0 Å². The number of fused-ring (bicyclic) bond motifs is 1. The van der Waals surface area contributed by atoms with E-state index < -0.39 is 40.9 Å². The third-order valence-electron chi connectivity index (χ3n) is 19.5. The molecule has 2 atom stereocenters. The number of aryl methyl sites for hydroxylation is 4. The molecule has 0 saturated heterocycles. The quantitative estimate of drug-likeness (QED) is 0.0282. The van der Waals surface area contributed by atoms with E-state index in [0.29, 0.717) is 27.5 Å². The van der Waals surface area contributed by atoms with Crippen LogP contribution in [0.1, 0.15) is 331 Å². The molecular weight excluding hydrogens is 1470 g/mol. The van der Waals surface area contributed by atoms with Crippen molar-refractivity contribution in [3.05, 3.63) is 88.9 Å². The zero-order valence-electron chi connectivity index (χ0n) is 57.8. The average molecular weight is 1600 g/mol. The van der Waals surface area contributed by atoms with Crippen molar-refractivity contribution in [1.82, 2.24) is 9.13 Å². The van der Waals surface area contributed by atoms with Crippen molar-refractivity contribution >= 4 is 80.9 Å². The minimum absolute atomic E-state index is 0.0470. The summed E-state index contributed by atoms with van der Waals surface area (Å²) in [4.78, 5) is 30.9. The number of aromatic nitrogens is 2. The molecule has 0 aliphatic heterocycles. The molecule has 0 aliphatic carbocycles. The molecule has 0 saturated carbocycles. The van der Waals surface area contributed by atoms with Crippen LogP contribution in [0.5, 0.6) is 0 Å². The summed E-state index contributed by atoms with van der Waals surface area (Å²) in [5, 5.41) is 0. The van der Waals surface area contributed by atoms with Gasteiger partial charge in [0.2, 0.25) is 0 Å². The van der Waals surface area contributed by atoms with Gasteiger partial charge in [0.15, 0.2) is 0 Å². The van der Waals surface area contributed by atoms with Gasteiger partial charge in [-0.25, -0.2) is 0 Å².